The van der Waals surface area contributed by atoms with Gasteiger partial charge in [0, 0.05) is 17.6 Å². The highest BCUT2D eigenvalue weighted by Gasteiger charge is 2.06. The second-order valence-electron chi connectivity index (χ2n) is 6.05. The Labute approximate surface area is 168 Å². The number of carbonyl (C=O) groups excluding carboxylic acids is 1. The van der Waals surface area contributed by atoms with Gasteiger partial charge in [-0.05, 0) is 36.2 Å². The Hall–Kier alpha value is -3.12. The van der Waals surface area contributed by atoms with Crippen LogP contribution >= 0.6 is 11.6 Å². The number of hydrogen-bond acceptors (Lipinski definition) is 3. The molecule has 6 nitrogen and oxygen atoms in total. The molecule has 28 heavy (non-hydrogen) atoms. The van der Waals surface area contributed by atoms with Crippen molar-refractivity contribution < 1.29 is 9.53 Å². The molecule has 1 aromatic heterocycles. The van der Waals surface area contributed by atoms with E-state index in [4.69, 9.17) is 16.3 Å². The summed E-state index contributed by atoms with van der Waals surface area (Å²) in [6.07, 6.45) is 2.39. The Morgan fingerprint density at radius 2 is 2.00 bits per heavy atom. The number of amides is 2. The summed E-state index contributed by atoms with van der Waals surface area (Å²) < 4.78 is 7.48. The Morgan fingerprint density at radius 1 is 1.18 bits per heavy atom. The molecule has 0 fully saturated rings. The minimum Gasteiger partial charge on any atom is -0.478 e. The van der Waals surface area contributed by atoms with Crippen LogP contribution < -0.4 is 15.4 Å². The third kappa shape index (κ3) is 5.44. The molecule has 0 bridgehead atoms. The molecule has 2 aromatic carbocycles. The van der Waals surface area contributed by atoms with E-state index in [0.29, 0.717) is 29.4 Å². The number of aromatic nitrogens is 2. The quantitative estimate of drug-likeness (QED) is 0.681. The molecule has 1 heterocycles. The molecule has 0 aliphatic carbocycles. The number of hydrogen-bond donors (Lipinski definition) is 1. The number of rotatable bonds is 6. The molecule has 0 radical (unpaired) electrons. The van der Waals surface area contributed by atoms with Gasteiger partial charge < -0.3 is 10.1 Å². The molecule has 7 heteroatoms. The van der Waals surface area contributed by atoms with E-state index in [1.807, 2.05) is 49.4 Å². The van der Waals surface area contributed by atoms with E-state index in [1.165, 1.54) is 6.20 Å². The van der Waals surface area contributed by atoms with Gasteiger partial charge in [0.15, 0.2) is 0 Å². The van der Waals surface area contributed by atoms with Crippen LogP contribution in [0.1, 0.15) is 18.9 Å². The molecule has 0 unspecified atom stereocenters. The smallest absolute Gasteiger partial charge is 0.341 e. The topological polar surface area (TPSA) is 68.5 Å². The van der Waals surface area contributed by atoms with Gasteiger partial charge >= 0.3 is 6.03 Å². The second-order valence-corrected chi connectivity index (χ2v) is 6.48. The number of carbonyl (C=O) groups is 1. The zero-order valence-electron chi connectivity index (χ0n) is 15.5. The number of para-hydroxylation sites is 1. The van der Waals surface area contributed by atoms with Crippen molar-refractivity contribution in [1.82, 2.24) is 15.1 Å². The molecule has 144 valence electrons. The fourth-order valence-electron chi connectivity index (χ4n) is 2.51. The molecule has 0 saturated carbocycles. The highest BCUT2D eigenvalue weighted by molar-refractivity contribution is 6.30. The summed E-state index contributed by atoms with van der Waals surface area (Å²) in [5.74, 6) is 0.525. The molecular weight excluding hydrogens is 376 g/mol. The van der Waals surface area contributed by atoms with Crippen molar-refractivity contribution in [2.75, 3.05) is 6.61 Å². The molecule has 3 rings (SSSR count). The average Bonchev–Trinajstić information content (AvgIpc) is 2.71. The molecule has 2 amide bonds. The molecular formula is C21H21ClN4O2. The van der Waals surface area contributed by atoms with E-state index < -0.39 is 6.03 Å². The van der Waals surface area contributed by atoms with Gasteiger partial charge in [0.25, 0.3) is 0 Å². The van der Waals surface area contributed by atoms with E-state index >= 15 is 0 Å². The molecule has 0 spiro atoms. The number of nitrogens with zero attached hydrogens (tertiary/aromatic N) is 3. The first-order valence-corrected chi connectivity index (χ1v) is 9.38. The van der Waals surface area contributed by atoms with E-state index in [1.54, 1.807) is 22.9 Å². The average molecular weight is 397 g/mol. The Balaban J connectivity index is 1.79. The van der Waals surface area contributed by atoms with Crippen molar-refractivity contribution in [2.45, 2.75) is 19.9 Å². The van der Waals surface area contributed by atoms with Crippen molar-refractivity contribution in [1.29, 1.82) is 0 Å². The molecule has 0 saturated heterocycles. The van der Waals surface area contributed by atoms with Crippen LogP contribution in [0.4, 0.5) is 4.79 Å². The Kier molecular flexibility index (Phi) is 6.81. The van der Waals surface area contributed by atoms with E-state index in [0.717, 1.165) is 17.7 Å². The summed E-state index contributed by atoms with van der Waals surface area (Å²) in [5.41, 5.74) is 1.77. The monoisotopic (exact) mass is 396 g/mol. The van der Waals surface area contributed by atoms with Crippen LogP contribution in [0.2, 0.25) is 5.02 Å². The van der Waals surface area contributed by atoms with Gasteiger partial charge in [-0.25, -0.2) is 9.48 Å². The lowest BCUT2D eigenvalue weighted by atomic mass is 10.2. The minimum atomic E-state index is -0.458. The summed E-state index contributed by atoms with van der Waals surface area (Å²) in [6, 6.07) is 18.2. The minimum absolute atomic E-state index is 0.340. The lowest BCUT2D eigenvalue weighted by Gasteiger charge is -2.12. The summed E-state index contributed by atoms with van der Waals surface area (Å²) in [4.78, 5) is 16.2. The number of ether oxygens (including phenoxy) is 1. The molecule has 0 aliphatic rings. The summed E-state index contributed by atoms with van der Waals surface area (Å²) >= 11 is 5.95. The first kappa shape index (κ1) is 19.6. The standard InChI is InChI=1S/C21H21ClN4O2/c1-2-11-28-20-13-18(15-24-26(20)19-9-4-3-5-10-19)25-21(27)23-14-16-7-6-8-17(22)12-16/h3-10,12-13,15H,2,11,14H2,1H3,(H,23,27)/b25-18+. The van der Waals surface area contributed by atoms with E-state index in [-0.39, 0.29) is 0 Å². The van der Waals surface area contributed by atoms with E-state index in [2.05, 4.69) is 15.4 Å². The third-order valence-corrected chi connectivity index (χ3v) is 4.04. The first-order valence-electron chi connectivity index (χ1n) is 9.00. The zero-order chi connectivity index (χ0) is 19.8. The second kappa shape index (κ2) is 9.71. The molecule has 0 aliphatic heterocycles. The predicted molar refractivity (Wildman–Crippen MR) is 109 cm³/mol. The maximum atomic E-state index is 12.2. The van der Waals surface area contributed by atoms with Gasteiger partial charge in [-0.15, -0.1) is 0 Å². The van der Waals surface area contributed by atoms with Crippen molar-refractivity contribution in [3.05, 3.63) is 82.8 Å². The maximum Gasteiger partial charge on any atom is 0.341 e. The lowest BCUT2D eigenvalue weighted by molar-refractivity contribution is 0.248. The van der Waals surface area contributed by atoms with Crippen molar-refractivity contribution in [2.24, 2.45) is 4.99 Å². The normalized spacial score (nSPS) is 11.3. The van der Waals surface area contributed by atoms with Crippen LogP contribution in [0.25, 0.3) is 5.69 Å². The van der Waals surface area contributed by atoms with E-state index in [9.17, 15) is 4.79 Å². The maximum absolute atomic E-state index is 12.2. The summed E-state index contributed by atoms with van der Waals surface area (Å²) in [6.45, 7) is 2.91. The Bertz CT molecular complexity index is 1000. The third-order valence-electron chi connectivity index (χ3n) is 3.80. The number of halogens is 1. The van der Waals surface area contributed by atoms with Gasteiger partial charge in [0.05, 0.1) is 23.8 Å². The lowest BCUT2D eigenvalue weighted by Crippen LogP contribution is -2.22. The summed E-state index contributed by atoms with van der Waals surface area (Å²) in [5, 5.41) is 8.17. The van der Waals surface area contributed by atoms with Crippen molar-refractivity contribution >= 4 is 17.6 Å². The largest absolute Gasteiger partial charge is 0.478 e. The van der Waals surface area contributed by atoms with Crippen LogP contribution in [0, 0.1) is 0 Å². The highest BCUT2D eigenvalue weighted by Crippen LogP contribution is 2.14. The van der Waals surface area contributed by atoms with Crippen LogP contribution in [0.5, 0.6) is 5.88 Å². The molecule has 1 N–H and O–H groups in total. The van der Waals surface area contributed by atoms with Gasteiger partial charge in [-0.1, -0.05) is 48.9 Å². The number of benzene rings is 2. The van der Waals surface area contributed by atoms with Gasteiger partial charge in [0.2, 0.25) is 5.88 Å². The Morgan fingerprint density at radius 3 is 2.75 bits per heavy atom. The van der Waals surface area contributed by atoms with Gasteiger partial charge in [-0.2, -0.15) is 10.1 Å². The molecule has 3 aromatic rings. The van der Waals surface area contributed by atoms with Gasteiger partial charge in [0.1, 0.15) is 0 Å². The van der Waals surface area contributed by atoms with Crippen LogP contribution in [0.3, 0.4) is 0 Å². The zero-order valence-corrected chi connectivity index (χ0v) is 16.3. The van der Waals surface area contributed by atoms with Crippen molar-refractivity contribution in [3.8, 4) is 11.6 Å². The SMILES string of the molecule is CCCOc1c/c(=N\C(=O)NCc2cccc(Cl)c2)cnn1-c1ccccc1. The highest BCUT2D eigenvalue weighted by atomic mass is 35.5. The summed E-state index contributed by atoms with van der Waals surface area (Å²) in [7, 11) is 0. The van der Waals surface area contributed by atoms with Crippen LogP contribution in [-0.4, -0.2) is 22.4 Å². The fourth-order valence-corrected chi connectivity index (χ4v) is 2.73. The van der Waals surface area contributed by atoms with Crippen molar-refractivity contribution in [3.63, 3.8) is 0 Å². The fraction of sp³-hybridized carbons (Fsp3) is 0.190. The van der Waals surface area contributed by atoms with Crippen LogP contribution in [0.15, 0.2) is 71.9 Å². The van der Waals surface area contributed by atoms with Crippen LogP contribution in [-0.2, 0) is 6.54 Å². The number of nitrogens with one attached hydrogen (secondary N) is 1. The first-order chi connectivity index (χ1) is 13.7. The predicted octanol–water partition coefficient (Wildman–Crippen LogP) is 4.13. The van der Waals surface area contributed by atoms with Gasteiger partial charge in [-0.3, -0.25) is 0 Å². The number of urea groups is 1. The molecule has 0 atom stereocenters.